The van der Waals surface area contributed by atoms with Gasteiger partial charge in [0.05, 0.1) is 17.9 Å². The molecular weight excluding hydrogens is 375 g/mol. The van der Waals surface area contributed by atoms with Crippen LogP contribution in [0.3, 0.4) is 0 Å². The molecule has 0 radical (unpaired) electrons. The third-order valence-corrected chi connectivity index (χ3v) is 5.86. The molecule has 5 nitrogen and oxygen atoms in total. The molecule has 3 atom stereocenters. The summed E-state index contributed by atoms with van der Waals surface area (Å²) in [4.78, 5) is 38.4. The van der Waals surface area contributed by atoms with Crippen LogP contribution in [0.25, 0.3) is 0 Å². The van der Waals surface area contributed by atoms with Gasteiger partial charge in [-0.15, -0.1) is 0 Å². The Balaban J connectivity index is 1.55. The second-order valence-corrected chi connectivity index (χ2v) is 7.87. The highest BCUT2D eigenvalue weighted by molar-refractivity contribution is 6.35. The van der Waals surface area contributed by atoms with Gasteiger partial charge in [0.15, 0.2) is 0 Å². The molecule has 1 aromatic rings. The summed E-state index contributed by atoms with van der Waals surface area (Å²) in [6.45, 7) is 1.96. The van der Waals surface area contributed by atoms with E-state index in [-0.39, 0.29) is 48.6 Å². The Morgan fingerprint density at radius 3 is 2.38 bits per heavy atom. The number of carbonyl (C=O) groups is 3. The lowest BCUT2D eigenvalue weighted by molar-refractivity contribution is -0.140. The maximum absolute atomic E-state index is 12.4. The minimum absolute atomic E-state index is 0.0898. The van der Waals surface area contributed by atoms with Gasteiger partial charge in [0, 0.05) is 23.0 Å². The predicted octanol–water partition coefficient (Wildman–Crippen LogP) is 3.74. The van der Waals surface area contributed by atoms with E-state index in [2.05, 4.69) is 5.32 Å². The largest absolute Gasteiger partial charge is 0.349 e. The van der Waals surface area contributed by atoms with Gasteiger partial charge in [-0.25, -0.2) is 0 Å². The summed E-state index contributed by atoms with van der Waals surface area (Å²) in [6, 6.07) is 4.83. The summed E-state index contributed by atoms with van der Waals surface area (Å²) in [5, 5.41) is 3.87. The number of rotatable bonds is 5. The number of nitrogens with zero attached hydrogens (tertiary/aromatic N) is 1. The smallest absolute Gasteiger partial charge is 0.233 e. The van der Waals surface area contributed by atoms with Gasteiger partial charge in [0.25, 0.3) is 0 Å². The second kappa shape index (κ2) is 7.97. The van der Waals surface area contributed by atoms with E-state index in [0.717, 1.165) is 31.2 Å². The third-order valence-electron chi connectivity index (χ3n) is 5.30. The lowest BCUT2D eigenvalue weighted by atomic mass is 9.81. The molecule has 1 aromatic carbocycles. The molecule has 3 amide bonds. The zero-order valence-electron chi connectivity index (χ0n) is 14.6. The van der Waals surface area contributed by atoms with E-state index in [1.165, 1.54) is 4.90 Å². The molecule has 2 aliphatic rings. The van der Waals surface area contributed by atoms with Crippen molar-refractivity contribution in [1.82, 2.24) is 10.2 Å². The van der Waals surface area contributed by atoms with Crippen LogP contribution in [0.1, 0.15) is 50.6 Å². The van der Waals surface area contributed by atoms with E-state index in [4.69, 9.17) is 23.2 Å². The molecule has 1 heterocycles. The fourth-order valence-corrected chi connectivity index (χ4v) is 4.48. The highest BCUT2D eigenvalue weighted by Gasteiger charge is 2.47. The van der Waals surface area contributed by atoms with Crippen molar-refractivity contribution in [2.75, 3.05) is 6.54 Å². The number of halogens is 2. The van der Waals surface area contributed by atoms with Crippen molar-refractivity contribution in [3.05, 3.63) is 33.8 Å². The van der Waals surface area contributed by atoms with Crippen LogP contribution in [-0.4, -0.2) is 29.2 Å². The SMILES string of the molecule is C[C@@H](NC(=O)CCN1C(=O)[C@H]2CCCC[C@H]2C1=O)c1ccc(Cl)cc1Cl. The summed E-state index contributed by atoms with van der Waals surface area (Å²) >= 11 is 12.1. The first-order valence-electron chi connectivity index (χ1n) is 8.98. The number of fused-ring (bicyclic) bond motifs is 1. The minimum atomic E-state index is -0.292. The number of hydrogen-bond donors (Lipinski definition) is 1. The molecule has 1 saturated carbocycles. The number of carbonyl (C=O) groups excluding carboxylic acids is 3. The molecule has 0 unspecified atom stereocenters. The number of likely N-dealkylation sites (tertiary alicyclic amines) is 1. The Bertz CT molecular complexity index is 713. The van der Waals surface area contributed by atoms with E-state index in [9.17, 15) is 14.4 Å². The first-order valence-corrected chi connectivity index (χ1v) is 9.73. The Kier molecular flexibility index (Phi) is 5.88. The fraction of sp³-hybridized carbons (Fsp3) is 0.526. The molecule has 26 heavy (non-hydrogen) atoms. The van der Waals surface area contributed by atoms with Crippen molar-refractivity contribution in [3.8, 4) is 0 Å². The maximum Gasteiger partial charge on any atom is 0.233 e. The Hall–Kier alpha value is -1.59. The molecule has 1 aliphatic carbocycles. The standard InChI is InChI=1S/C19H22Cl2N2O3/c1-11(13-7-6-12(20)10-16(13)21)22-17(24)8-9-23-18(25)14-4-2-3-5-15(14)19(23)26/h6-7,10-11,14-15H,2-5,8-9H2,1H3,(H,22,24)/t11-,14-,15+/m1/s1. The predicted molar refractivity (Wildman–Crippen MR) is 99.8 cm³/mol. The molecule has 3 rings (SSSR count). The molecule has 7 heteroatoms. The number of benzene rings is 1. The van der Waals surface area contributed by atoms with Crippen LogP contribution in [-0.2, 0) is 14.4 Å². The van der Waals surface area contributed by atoms with Crippen molar-refractivity contribution in [2.24, 2.45) is 11.8 Å². The number of hydrogen-bond acceptors (Lipinski definition) is 3. The highest BCUT2D eigenvalue weighted by atomic mass is 35.5. The molecule has 1 N–H and O–H groups in total. The van der Waals surface area contributed by atoms with Gasteiger partial charge in [0.1, 0.15) is 0 Å². The third kappa shape index (κ3) is 3.89. The van der Waals surface area contributed by atoms with Crippen LogP contribution < -0.4 is 5.32 Å². The van der Waals surface area contributed by atoms with Crippen LogP contribution in [0.4, 0.5) is 0 Å². The number of amides is 3. The molecule has 0 spiro atoms. The van der Waals surface area contributed by atoms with Crippen LogP contribution in [0.15, 0.2) is 18.2 Å². The Labute approximate surface area is 163 Å². The molecule has 140 valence electrons. The lowest BCUT2D eigenvalue weighted by Crippen LogP contribution is -2.36. The number of imide groups is 1. The van der Waals surface area contributed by atoms with Crippen LogP contribution in [0, 0.1) is 11.8 Å². The lowest BCUT2D eigenvalue weighted by Gasteiger charge is -2.19. The van der Waals surface area contributed by atoms with Gasteiger partial charge < -0.3 is 5.32 Å². The van der Waals surface area contributed by atoms with Gasteiger partial charge in [-0.05, 0) is 37.5 Å². The normalized spacial score (nSPS) is 23.7. The van der Waals surface area contributed by atoms with Gasteiger partial charge in [-0.1, -0.05) is 42.1 Å². The van der Waals surface area contributed by atoms with E-state index in [0.29, 0.717) is 10.0 Å². The maximum atomic E-state index is 12.4. The highest BCUT2D eigenvalue weighted by Crippen LogP contribution is 2.38. The average Bonchev–Trinajstić information content (AvgIpc) is 2.84. The monoisotopic (exact) mass is 396 g/mol. The van der Waals surface area contributed by atoms with Gasteiger partial charge >= 0.3 is 0 Å². The molecule has 1 aliphatic heterocycles. The fourth-order valence-electron chi connectivity index (χ4n) is 3.91. The van der Waals surface area contributed by atoms with Crippen molar-refractivity contribution in [3.63, 3.8) is 0 Å². The zero-order valence-corrected chi connectivity index (χ0v) is 16.1. The van der Waals surface area contributed by atoms with Crippen molar-refractivity contribution in [2.45, 2.75) is 45.1 Å². The van der Waals surface area contributed by atoms with Crippen molar-refractivity contribution < 1.29 is 14.4 Å². The molecular formula is C19H22Cl2N2O3. The topological polar surface area (TPSA) is 66.5 Å². The Morgan fingerprint density at radius 1 is 1.19 bits per heavy atom. The van der Waals surface area contributed by atoms with Gasteiger partial charge in [-0.3, -0.25) is 19.3 Å². The summed E-state index contributed by atoms with van der Waals surface area (Å²) in [5.74, 6) is -0.793. The molecule has 1 saturated heterocycles. The van der Waals surface area contributed by atoms with Crippen LogP contribution >= 0.6 is 23.2 Å². The Morgan fingerprint density at radius 2 is 1.81 bits per heavy atom. The first kappa shape index (κ1) is 19.2. The molecule has 0 bridgehead atoms. The summed E-state index contributed by atoms with van der Waals surface area (Å²) in [6.07, 6.45) is 3.64. The van der Waals surface area contributed by atoms with E-state index >= 15 is 0 Å². The van der Waals surface area contributed by atoms with Crippen LogP contribution in [0.2, 0.25) is 10.0 Å². The van der Waals surface area contributed by atoms with Crippen molar-refractivity contribution in [1.29, 1.82) is 0 Å². The minimum Gasteiger partial charge on any atom is -0.349 e. The summed E-state index contributed by atoms with van der Waals surface area (Å²) in [7, 11) is 0. The van der Waals surface area contributed by atoms with Crippen LogP contribution in [0.5, 0.6) is 0 Å². The molecule has 0 aromatic heterocycles. The summed E-state index contributed by atoms with van der Waals surface area (Å²) in [5.41, 5.74) is 0.767. The summed E-state index contributed by atoms with van der Waals surface area (Å²) < 4.78 is 0. The molecule has 2 fully saturated rings. The average molecular weight is 397 g/mol. The van der Waals surface area contributed by atoms with Gasteiger partial charge in [-0.2, -0.15) is 0 Å². The van der Waals surface area contributed by atoms with Crippen molar-refractivity contribution >= 4 is 40.9 Å². The van der Waals surface area contributed by atoms with E-state index in [1.54, 1.807) is 18.2 Å². The quantitative estimate of drug-likeness (QED) is 0.770. The van der Waals surface area contributed by atoms with E-state index < -0.39 is 0 Å². The second-order valence-electron chi connectivity index (χ2n) is 7.03. The van der Waals surface area contributed by atoms with E-state index in [1.807, 2.05) is 6.92 Å². The number of nitrogens with one attached hydrogen (secondary N) is 1. The van der Waals surface area contributed by atoms with Gasteiger partial charge in [0.2, 0.25) is 17.7 Å². The first-order chi connectivity index (χ1) is 12.4. The zero-order chi connectivity index (χ0) is 18.8.